The van der Waals surface area contributed by atoms with Gasteiger partial charge in [0.1, 0.15) is 6.04 Å². The van der Waals surface area contributed by atoms with Crippen LogP contribution in [0.2, 0.25) is 0 Å². The lowest BCUT2D eigenvalue weighted by molar-refractivity contribution is -0.149. The van der Waals surface area contributed by atoms with E-state index in [0.717, 1.165) is 11.0 Å². The molecule has 2 amide bonds. The van der Waals surface area contributed by atoms with Crippen LogP contribution in [0.25, 0.3) is 11.0 Å². The summed E-state index contributed by atoms with van der Waals surface area (Å²) < 4.78 is 4.62. The third kappa shape index (κ3) is 3.93. The smallest absolute Gasteiger partial charge is 0.308 e. The highest BCUT2D eigenvalue weighted by atomic mass is 32.2. The number of ether oxygens (including phenoxy) is 1. The van der Waals surface area contributed by atoms with Crippen LogP contribution in [0.5, 0.6) is 0 Å². The molecule has 25 heavy (non-hydrogen) atoms. The number of carbonyl (C=O) groups is 3. The van der Waals surface area contributed by atoms with Gasteiger partial charge in [-0.05, 0) is 12.1 Å². The van der Waals surface area contributed by atoms with Gasteiger partial charge in [-0.1, -0.05) is 23.9 Å². The summed E-state index contributed by atoms with van der Waals surface area (Å²) in [6.07, 6.45) is -0.149. The number of carbonyl (C=O) groups excluding carboxylic acids is 3. The van der Waals surface area contributed by atoms with Crippen LogP contribution in [-0.2, 0) is 19.1 Å². The second kappa shape index (κ2) is 7.56. The minimum atomic E-state index is -0.829. The van der Waals surface area contributed by atoms with Gasteiger partial charge in [-0.3, -0.25) is 14.4 Å². The molecule has 1 saturated heterocycles. The molecule has 1 fully saturated rings. The van der Waals surface area contributed by atoms with E-state index in [9.17, 15) is 14.4 Å². The van der Waals surface area contributed by atoms with E-state index in [4.69, 9.17) is 0 Å². The summed E-state index contributed by atoms with van der Waals surface area (Å²) in [5.74, 6) is -0.942. The first-order valence-electron chi connectivity index (χ1n) is 7.80. The molecule has 0 bridgehead atoms. The average Bonchev–Trinajstić information content (AvgIpc) is 3.04. The van der Waals surface area contributed by atoms with E-state index in [1.165, 1.54) is 23.8 Å². The molecule has 3 rings (SSSR count). The van der Waals surface area contributed by atoms with Crippen LogP contribution in [0.15, 0.2) is 29.4 Å². The normalized spacial score (nSPS) is 17.4. The van der Waals surface area contributed by atoms with Crippen molar-refractivity contribution in [2.75, 3.05) is 26.0 Å². The van der Waals surface area contributed by atoms with Gasteiger partial charge >= 0.3 is 5.97 Å². The summed E-state index contributed by atoms with van der Waals surface area (Å²) in [5.41, 5.74) is 1.73. The quantitative estimate of drug-likeness (QED) is 0.594. The number of nitrogens with zero attached hydrogens (tertiary/aromatic N) is 2. The van der Waals surface area contributed by atoms with Crippen molar-refractivity contribution in [1.29, 1.82) is 0 Å². The Balaban J connectivity index is 1.65. The number of nitrogens with one attached hydrogen (secondary N) is 2. The molecule has 0 spiro atoms. The number of hydrogen-bond acceptors (Lipinski definition) is 6. The first-order chi connectivity index (χ1) is 12.1. The predicted molar refractivity (Wildman–Crippen MR) is 92.0 cm³/mol. The summed E-state index contributed by atoms with van der Waals surface area (Å²) in [4.78, 5) is 45.1. The van der Waals surface area contributed by atoms with Crippen LogP contribution in [0.3, 0.4) is 0 Å². The molecule has 1 aromatic heterocycles. The fourth-order valence-corrected chi connectivity index (χ4v) is 3.44. The summed E-state index contributed by atoms with van der Waals surface area (Å²) >= 11 is 1.27. The first-order valence-corrected chi connectivity index (χ1v) is 8.78. The fourth-order valence-electron chi connectivity index (χ4n) is 2.67. The Morgan fingerprint density at radius 2 is 2.20 bits per heavy atom. The van der Waals surface area contributed by atoms with Gasteiger partial charge in [0.15, 0.2) is 5.16 Å². The van der Waals surface area contributed by atoms with Gasteiger partial charge in [0.2, 0.25) is 11.8 Å². The molecular formula is C16H18N4O4S. The Morgan fingerprint density at radius 3 is 2.96 bits per heavy atom. The van der Waals surface area contributed by atoms with Crippen molar-refractivity contribution in [2.45, 2.75) is 17.6 Å². The van der Waals surface area contributed by atoms with Crippen LogP contribution in [0, 0.1) is 0 Å². The maximum atomic E-state index is 12.5. The second-order valence-corrected chi connectivity index (χ2v) is 6.49. The SMILES string of the molecule is COC(=O)C[C@@H]1C(=O)NCCN1C(=O)CSc1nc2ccccc2[nH]1. The van der Waals surface area contributed by atoms with E-state index in [1.54, 1.807) is 0 Å². The minimum absolute atomic E-state index is 0.130. The number of para-hydroxylation sites is 2. The number of H-pyrrole nitrogens is 1. The lowest BCUT2D eigenvalue weighted by Crippen LogP contribution is -2.58. The van der Waals surface area contributed by atoms with E-state index in [1.807, 2.05) is 24.3 Å². The summed E-state index contributed by atoms with van der Waals surface area (Å²) in [6.45, 7) is 0.741. The molecule has 2 heterocycles. The maximum Gasteiger partial charge on any atom is 0.308 e. The number of rotatable bonds is 5. The van der Waals surface area contributed by atoms with Gasteiger partial charge < -0.3 is 19.9 Å². The Morgan fingerprint density at radius 1 is 1.40 bits per heavy atom. The van der Waals surface area contributed by atoms with Crippen molar-refractivity contribution < 1.29 is 19.1 Å². The number of aromatic nitrogens is 2. The number of hydrogen-bond donors (Lipinski definition) is 2. The van der Waals surface area contributed by atoms with E-state index in [0.29, 0.717) is 18.2 Å². The van der Waals surface area contributed by atoms with Crippen molar-refractivity contribution in [3.63, 3.8) is 0 Å². The van der Waals surface area contributed by atoms with E-state index in [2.05, 4.69) is 20.0 Å². The number of imidazole rings is 1. The molecule has 132 valence electrons. The summed E-state index contributed by atoms with van der Waals surface area (Å²) in [7, 11) is 1.26. The highest BCUT2D eigenvalue weighted by Crippen LogP contribution is 2.20. The lowest BCUT2D eigenvalue weighted by atomic mass is 10.1. The number of thioether (sulfide) groups is 1. The molecular weight excluding hydrogens is 344 g/mol. The number of aromatic amines is 1. The summed E-state index contributed by atoms with van der Waals surface area (Å²) in [5, 5.41) is 3.31. The van der Waals surface area contributed by atoms with Crippen molar-refractivity contribution in [2.24, 2.45) is 0 Å². The maximum absolute atomic E-state index is 12.5. The van der Waals surface area contributed by atoms with E-state index in [-0.39, 0.29) is 24.0 Å². The van der Waals surface area contributed by atoms with Gasteiger partial charge in [-0.15, -0.1) is 0 Å². The zero-order valence-electron chi connectivity index (χ0n) is 13.7. The summed E-state index contributed by atoms with van der Waals surface area (Å²) in [6, 6.07) is 6.77. The van der Waals surface area contributed by atoms with E-state index >= 15 is 0 Å². The van der Waals surface area contributed by atoms with Crippen LogP contribution in [0.1, 0.15) is 6.42 Å². The molecule has 8 nitrogen and oxygen atoms in total. The highest BCUT2D eigenvalue weighted by Gasteiger charge is 2.34. The number of fused-ring (bicyclic) bond motifs is 1. The third-order valence-corrected chi connectivity index (χ3v) is 4.80. The fraction of sp³-hybridized carbons (Fsp3) is 0.375. The molecule has 1 aliphatic heterocycles. The largest absolute Gasteiger partial charge is 0.469 e. The third-order valence-electron chi connectivity index (χ3n) is 3.94. The average molecular weight is 362 g/mol. The molecule has 9 heteroatoms. The number of benzene rings is 1. The Labute approximate surface area is 148 Å². The molecule has 0 unspecified atom stereocenters. The van der Waals surface area contributed by atoms with Crippen molar-refractivity contribution in [3.05, 3.63) is 24.3 Å². The predicted octanol–water partition coefficient (Wildman–Crippen LogP) is 0.545. The van der Waals surface area contributed by atoms with Crippen LogP contribution < -0.4 is 5.32 Å². The molecule has 1 aliphatic rings. The van der Waals surface area contributed by atoms with Gasteiger partial charge in [0.25, 0.3) is 0 Å². The number of methoxy groups -OCH3 is 1. The van der Waals surface area contributed by atoms with Gasteiger partial charge in [-0.2, -0.15) is 0 Å². The van der Waals surface area contributed by atoms with Crippen LogP contribution >= 0.6 is 11.8 Å². The van der Waals surface area contributed by atoms with Gasteiger partial charge in [-0.25, -0.2) is 4.98 Å². The Kier molecular flexibility index (Phi) is 5.22. The zero-order valence-corrected chi connectivity index (χ0v) is 14.5. The lowest BCUT2D eigenvalue weighted by Gasteiger charge is -2.34. The molecule has 2 N–H and O–H groups in total. The molecule has 1 atom stereocenters. The number of piperazine rings is 1. The topological polar surface area (TPSA) is 104 Å². The molecule has 0 aliphatic carbocycles. The second-order valence-electron chi connectivity index (χ2n) is 5.52. The highest BCUT2D eigenvalue weighted by molar-refractivity contribution is 7.99. The Bertz CT molecular complexity index is 773. The number of amides is 2. The van der Waals surface area contributed by atoms with Crippen LogP contribution in [0.4, 0.5) is 0 Å². The minimum Gasteiger partial charge on any atom is -0.469 e. The van der Waals surface area contributed by atoms with Crippen molar-refractivity contribution >= 4 is 40.6 Å². The first kappa shape index (κ1) is 17.3. The molecule has 1 aromatic carbocycles. The zero-order chi connectivity index (χ0) is 17.8. The standard InChI is InChI=1S/C16H18N4O4S/c1-24-14(22)8-12-15(23)17-6-7-20(12)13(21)9-25-16-18-10-4-2-3-5-11(10)19-16/h2-5,12H,6-9H2,1H3,(H,17,23)(H,18,19)/t12-/m1/s1. The van der Waals surface area contributed by atoms with E-state index < -0.39 is 12.0 Å². The van der Waals surface area contributed by atoms with Crippen molar-refractivity contribution in [3.8, 4) is 0 Å². The van der Waals surface area contributed by atoms with Gasteiger partial charge in [0, 0.05) is 13.1 Å². The van der Waals surface area contributed by atoms with Crippen molar-refractivity contribution in [1.82, 2.24) is 20.2 Å². The monoisotopic (exact) mass is 362 g/mol. The molecule has 0 saturated carbocycles. The van der Waals surface area contributed by atoms with Gasteiger partial charge in [0.05, 0.1) is 30.3 Å². The number of esters is 1. The Hall–Kier alpha value is -2.55. The molecule has 0 radical (unpaired) electrons. The van der Waals surface area contributed by atoms with Crippen LogP contribution in [-0.4, -0.2) is 64.6 Å². The molecule has 2 aromatic rings.